The molecule has 1 aromatic heterocycles. The van der Waals surface area contributed by atoms with Crippen molar-refractivity contribution in [2.45, 2.75) is 25.4 Å². The maximum absolute atomic E-state index is 13.2. The molecule has 7 nitrogen and oxygen atoms in total. The molecule has 1 spiro atoms. The van der Waals surface area contributed by atoms with E-state index in [1.54, 1.807) is 12.3 Å². The van der Waals surface area contributed by atoms with Gasteiger partial charge in [-0.2, -0.15) is 0 Å². The molecule has 0 radical (unpaired) electrons. The van der Waals surface area contributed by atoms with Crippen molar-refractivity contribution in [2.24, 2.45) is 5.41 Å². The number of fused-ring (bicyclic) bond motifs is 1. The number of hydrogen-bond acceptors (Lipinski definition) is 6. The van der Waals surface area contributed by atoms with Crippen molar-refractivity contribution in [3.63, 3.8) is 0 Å². The van der Waals surface area contributed by atoms with Crippen LogP contribution >= 0.6 is 0 Å². The SMILES string of the molecule is O=C(c1ccnc2ccccc12)N1CCC2(CC1)CC(CN1CCOCC1)OC2=O. The molecule has 1 amide bonds. The first-order chi connectivity index (χ1) is 14.6. The molecule has 5 rings (SSSR count). The van der Waals surface area contributed by atoms with Crippen molar-refractivity contribution in [3.05, 3.63) is 42.1 Å². The molecule has 0 bridgehead atoms. The van der Waals surface area contributed by atoms with Crippen molar-refractivity contribution < 1.29 is 19.1 Å². The van der Waals surface area contributed by atoms with E-state index in [4.69, 9.17) is 9.47 Å². The Labute approximate surface area is 175 Å². The number of pyridine rings is 1. The number of likely N-dealkylation sites (tertiary alicyclic amines) is 1. The summed E-state index contributed by atoms with van der Waals surface area (Å²) in [5, 5.41) is 0.871. The predicted molar refractivity (Wildman–Crippen MR) is 111 cm³/mol. The van der Waals surface area contributed by atoms with Crippen LogP contribution < -0.4 is 0 Å². The van der Waals surface area contributed by atoms with Crippen molar-refractivity contribution in [3.8, 4) is 0 Å². The number of hydrogen-bond donors (Lipinski definition) is 0. The minimum Gasteiger partial charge on any atom is -0.461 e. The lowest BCUT2D eigenvalue weighted by Crippen LogP contribution is -2.45. The number of carbonyl (C=O) groups excluding carboxylic acids is 2. The van der Waals surface area contributed by atoms with Crippen LogP contribution in [0.2, 0.25) is 0 Å². The van der Waals surface area contributed by atoms with Crippen molar-refractivity contribution in [1.82, 2.24) is 14.8 Å². The normalized spacial score (nSPS) is 24.3. The second kappa shape index (κ2) is 7.96. The summed E-state index contributed by atoms with van der Waals surface area (Å²) >= 11 is 0. The van der Waals surface area contributed by atoms with E-state index in [0.717, 1.165) is 50.2 Å². The summed E-state index contributed by atoms with van der Waals surface area (Å²) in [5.74, 6) is -0.0677. The fourth-order valence-corrected chi connectivity index (χ4v) is 5.01. The fourth-order valence-electron chi connectivity index (χ4n) is 5.01. The Morgan fingerprint density at radius 2 is 1.87 bits per heavy atom. The van der Waals surface area contributed by atoms with E-state index in [0.29, 0.717) is 31.5 Å². The van der Waals surface area contributed by atoms with E-state index in [1.807, 2.05) is 29.2 Å². The molecule has 2 aromatic rings. The van der Waals surface area contributed by atoms with E-state index in [9.17, 15) is 9.59 Å². The van der Waals surface area contributed by atoms with Gasteiger partial charge in [-0.05, 0) is 25.0 Å². The molecule has 3 fully saturated rings. The minimum atomic E-state index is -0.436. The Morgan fingerprint density at radius 1 is 1.10 bits per heavy atom. The lowest BCUT2D eigenvalue weighted by molar-refractivity contribution is -0.151. The van der Waals surface area contributed by atoms with Gasteiger partial charge in [0, 0.05) is 50.7 Å². The van der Waals surface area contributed by atoms with E-state index in [2.05, 4.69) is 9.88 Å². The number of amides is 1. The molecule has 158 valence electrons. The largest absolute Gasteiger partial charge is 0.461 e. The zero-order valence-electron chi connectivity index (χ0n) is 17.1. The molecule has 3 saturated heterocycles. The van der Waals surface area contributed by atoms with E-state index >= 15 is 0 Å². The van der Waals surface area contributed by atoms with Gasteiger partial charge in [0.1, 0.15) is 6.10 Å². The van der Waals surface area contributed by atoms with E-state index in [1.165, 1.54) is 0 Å². The first-order valence-electron chi connectivity index (χ1n) is 10.8. The van der Waals surface area contributed by atoms with Crippen LogP contribution in [0.1, 0.15) is 29.6 Å². The van der Waals surface area contributed by atoms with Crippen LogP contribution in [0.3, 0.4) is 0 Å². The third-order valence-corrected chi connectivity index (χ3v) is 6.78. The molecule has 1 unspecified atom stereocenters. The summed E-state index contributed by atoms with van der Waals surface area (Å²) in [6, 6.07) is 9.49. The number of piperidine rings is 1. The highest BCUT2D eigenvalue weighted by Gasteiger charge is 2.51. The average Bonchev–Trinajstić information content (AvgIpc) is 3.08. The van der Waals surface area contributed by atoms with Gasteiger partial charge in [-0.3, -0.25) is 19.5 Å². The highest BCUT2D eigenvalue weighted by atomic mass is 16.6. The van der Waals surface area contributed by atoms with Crippen LogP contribution in [0.15, 0.2) is 36.5 Å². The van der Waals surface area contributed by atoms with Crippen molar-refractivity contribution in [2.75, 3.05) is 45.9 Å². The second-order valence-corrected chi connectivity index (χ2v) is 8.59. The summed E-state index contributed by atoms with van der Waals surface area (Å²) in [7, 11) is 0. The number of benzene rings is 1. The van der Waals surface area contributed by atoms with Gasteiger partial charge < -0.3 is 14.4 Å². The second-order valence-electron chi connectivity index (χ2n) is 8.59. The van der Waals surface area contributed by atoms with Crippen molar-refractivity contribution in [1.29, 1.82) is 0 Å². The molecule has 3 aliphatic rings. The number of aromatic nitrogens is 1. The molecule has 3 aliphatic heterocycles. The Kier molecular flexibility index (Phi) is 5.16. The summed E-state index contributed by atoms with van der Waals surface area (Å²) in [5.41, 5.74) is 1.06. The molecule has 7 heteroatoms. The number of esters is 1. The Hall–Kier alpha value is -2.51. The lowest BCUT2D eigenvalue weighted by Gasteiger charge is -2.36. The number of para-hydroxylation sites is 1. The average molecular weight is 409 g/mol. The molecule has 0 N–H and O–H groups in total. The Bertz CT molecular complexity index is 943. The van der Waals surface area contributed by atoms with Crippen LogP contribution in [0, 0.1) is 5.41 Å². The van der Waals surface area contributed by atoms with Gasteiger partial charge in [-0.1, -0.05) is 18.2 Å². The van der Waals surface area contributed by atoms with Gasteiger partial charge in [-0.15, -0.1) is 0 Å². The molecular weight excluding hydrogens is 382 g/mol. The zero-order chi connectivity index (χ0) is 20.6. The van der Waals surface area contributed by atoms with Gasteiger partial charge in [0.15, 0.2) is 0 Å². The molecule has 1 aromatic carbocycles. The third-order valence-electron chi connectivity index (χ3n) is 6.78. The number of nitrogens with zero attached hydrogens (tertiary/aromatic N) is 3. The summed E-state index contributed by atoms with van der Waals surface area (Å²) < 4.78 is 11.2. The van der Waals surface area contributed by atoms with Gasteiger partial charge in [0.2, 0.25) is 0 Å². The zero-order valence-corrected chi connectivity index (χ0v) is 17.1. The molecule has 4 heterocycles. The monoisotopic (exact) mass is 409 g/mol. The molecule has 0 saturated carbocycles. The van der Waals surface area contributed by atoms with Gasteiger partial charge in [0.05, 0.1) is 29.7 Å². The Morgan fingerprint density at radius 3 is 2.67 bits per heavy atom. The smallest absolute Gasteiger partial charge is 0.312 e. The maximum atomic E-state index is 13.2. The van der Waals surface area contributed by atoms with Crippen LogP contribution in [0.25, 0.3) is 10.9 Å². The topological polar surface area (TPSA) is 72.0 Å². The summed E-state index contributed by atoms with van der Waals surface area (Å²) in [6.45, 7) is 5.21. The fraction of sp³-hybridized carbons (Fsp3) is 0.522. The summed E-state index contributed by atoms with van der Waals surface area (Å²) in [4.78, 5) is 34.5. The first-order valence-corrected chi connectivity index (χ1v) is 10.8. The molecule has 30 heavy (non-hydrogen) atoms. The number of rotatable bonds is 3. The van der Waals surface area contributed by atoms with Crippen LogP contribution in [-0.4, -0.2) is 78.7 Å². The maximum Gasteiger partial charge on any atom is 0.312 e. The minimum absolute atomic E-state index is 0.0136. The summed E-state index contributed by atoms with van der Waals surface area (Å²) in [6.07, 6.45) is 3.72. The molecule has 0 aliphatic carbocycles. The predicted octanol–water partition coefficient (Wildman–Crippen LogP) is 2.10. The first kappa shape index (κ1) is 19.5. The van der Waals surface area contributed by atoms with Crippen LogP contribution in [-0.2, 0) is 14.3 Å². The highest BCUT2D eigenvalue weighted by molar-refractivity contribution is 6.06. The van der Waals surface area contributed by atoms with Gasteiger partial charge >= 0.3 is 5.97 Å². The van der Waals surface area contributed by atoms with Crippen LogP contribution in [0.4, 0.5) is 0 Å². The van der Waals surface area contributed by atoms with E-state index in [-0.39, 0.29) is 18.0 Å². The lowest BCUT2D eigenvalue weighted by atomic mass is 9.76. The highest BCUT2D eigenvalue weighted by Crippen LogP contribution is 2.43. The van der Waals surface area contributed by atoms with Gasteiger partial charge in [-0.25, -0.2) is 0 Å². The van der Waals surface area contributed by atoms with E-state index < -0.39 is 5.41 Å². The van der Waals surface area contributed by atoms with Crippen molar-refractivity contribution >= 4 is 22.8 Å². The quantitative estimate of drug-likeness (QED) is 0.723. The third kappa shape index (κ3) is 3.56. The molecular formula is C23H27N3O4. The van der Waals surface area contributed by atoms with Crippen LogP contribution in [0.5, 0.6) is 0 Å². The number of carbonyl (C=O) groups is 2. The standard InChI is InChI=1S/C23H27N3O4/c27-21(19-5-8-24-20-4-2-1-3-18(19)20)26-9-6-23(7-10-26)15-17(30-22(23)28)16-25-11-13-29-14-12-25/h1-5,8,17H,6-7,9-16H2. The number of cyclic esters (lactones) is 1. The number of morpholine rings is 1. The molecule has 1 atom stereocenters. The van der Waals surface area contributed by atoms with Gasteiger partial charge in [0.25, 0.3) is 5.91 Å². The Balaban J connectivity index is 1.24. The number of ether oxygens (including phenoxy) is 2.